The standard InChI is InChI=1S/C8H17N3/c1-4-6(2)5-8(10)11-7(3)9/h4,7H,5,9H2,1-3H3,(H2,10,11)/b6-4+. The molecule has 0 aliphatic rings. The highest BCUT2D eigenvalue weighted by Gasteiger charge is 1.94. The molecule has 1 unspecified atom stereocenters. The van der Waals surface area contributed by atoms with Gasteiger partial charge >= 0.3 is 0 Å². The SMILES string of the molecule is C/C=C(\C)CC(N)=NC(C)N. The topological polar surface area (TPSA) is 64.4 Å². The lowest BCUT2D eigenvalue weighted by atomic mass is 10.2. The van der Waals surface area contributed by atoms with Crippen molar-refractivity contribution in [3.05, 3.63) is 11.6 Å². The number of amidine groups is 1. The Bertz CT molecular complexity index is 168. The maximum atomic E-state index is 5.58. The van der Waals surface area contributed by atoms with Gasteiger partial charge < -0.3 is 11.5 Å². The summed E-state index contributed by atoms with van der Waals surface area (Å²) < 4.78 is 0. The molecular weight excluding hydrogens is 138 g/mol. The van der Waals surface area contributed by atoms with Crippen LogP contribution in [0.2, 0.25) is 0 Å². The molecular formula is C8H17N3. The largest absolute Gasteiger partial charge is 0.387 e. The molecule has 0 bridgehead atoms. The third kappa shape index (κ3) is 5.61. The van der Waals surface area contributed by atoms with E-state index in [0.717, 1.165) is 6.42 Å². The van der Waals surface area contributed by atoms with E-state index in [1.807, 2.05) is 19.9 Å². The molecule has 0 aliphatic heterocycles. The molecule has 0 aromatic rings. The summed E-state index contributed by atoms with van der Waals surface area (Å²) >= 11 is 0. The van der Waals surface area contributed by atoms with E-state index in [1.54, 1.807) is 6.92 Å². The van der Waals surface area contributed by atoms with E-state index in [2.05, 4.69) is 4.99 Å². The van der Waals surface area contributed by atoms with Crippen LogP contribution in [0.1, 0.15) is 27.2 Å². The monoisotopic (exact) mass is 155 g/mol. The van der Waals surface area contributed by atoms with Gasteiger partial charge in [-0.15, -0.1) is 0 Å². The van der Waals surface area contributed by atoms with Crippen LogP contribution in [0.25, 0.3) is 0 Å². The molecule has 0 radical (unpaired) electrons. The highest BCUT2D eigenvalue weighted by atomic mass is 15.0. The summed E-state index contributed by atoms with van der Waals surface area (Å²) in [4.78, 5) is 4.00. The van der Waals surface area contributed by atoms with Crippen molar-refractivity contribution in [2.75, 3.05) is 0 Å². The summed E-state index contributed by atoms with van der Waals surface area (Å²) in [5.74, 6) is 0.607. The van der Waals surface area contributed by atoms with E-state index in [1.165, 1.54) is 5.57 Å². The smallest absolute Gasteiger partial charge is 0.0997 e. The second-order valence-corrected chi connectivity index (χ2v) is 2.67. The van der Waals surface area contributed by atoms with Crippen molar-refractivity contribution in [1.82, 2.24) is 0 Å². The average molecular weight is 155 g/mol. The minimum Gasteiger partial charge on any atom is -0.387 e. The zero-order valence-corrected chi connectivity index (χ0v) is 7.46. The number of hydrogen-bond donors (Lipinski definition) is 2. The second-order valence-electron chi connectivity index (χ2n) is 2.67. The number of aliphatic imine (C=N–C) groups is 1. The van der Waals surface area contributed by atoms with Crippen LogP contribution < -0.4 is 11.5 Å². The average Bonchev–Trinajstić information content (AvgIpc) is 1.85. The second kappa shape index (κ2) is 4.91. The Morgan fingerprint density at radius 3 is 2.55 bits per heavy atom. The minimum absolute atomic E-state index is 0.195. The normalized spacial score (nSPS) is 16.7. The molecule has 3 nitrogen and oxygen atoms in total. The van der Waals surface area contributed by atoms with E-state index < -0.39 is 0 Å². The van der Waals surface area contributed by atoms with Gasteiger partial charge in [0.1, 0.15) is 0 Å². The first-order valence-corrected chi connectivity index (χ1v) is 3.75. The number of nitrogens with two attached hydrogens (primary N) is 2. The van der Waals surface area contributed by atoms with Gasteiger partial charge in [0.2, 0.25) is 0 Å². The highest BCUT2D eigenvalue weighted by Crippen LogP contribution is 1.98. The van der Waals surface area contributed by atoms with Crippen LogP contribution in [0.3, 0.4) is 0 Å². The summed E-state index contributed by atoms with van der Waals surface area (Å²) in [7, 11) is 0. The van der Waals surface area contributed by atoms with Gasteiger partial charge in [-0.05, 0) is 20.8 Å². The fraction of sp³-hybridized carbons (Fsp3) is 0.625. The zero-order valence-electron chi connectivity index (χ0n) is 7.46. The van der Waals surface area contributed by atoms with Crippen LogP contribution in [0.15, 0.2) is 16.6 Å². The summed E-state index contributed by atoms with van der Waals surface area (Å²) in [5, 5.41) is 0. The van der Waals surface area contributed by atoms with Crippen LogP contribution in [-0.4, -0.2) is 12.0 Å². The fourth-order valence-electron chi connectivity index (χ4n) is 0.695. The summed E-state index contributed by atoms with van der Waals surface area (Å²) in [6.07, 6.45) is 2.54. The Hall–Kier alpha value is -0.830. The number of allylic oxidation sites excluding steroid dienone is 1. The Kier molecular flexibility index (Phi) is 4.54. The van der Waals surface area contributed by atoms with E-state index >= 15 is 0 Å². The van der Waals surface area contributed by atoms with Gasteiger partial charge in [-0.2, -0.15) is 0 Å². The van der Waals surface area contributed by atoms with Crippen molar-refractivity contribution >= 4 is 5.84 Å². The van der Waals surface area contributed by atoms with Crippen molar-refractivity contribution in [1.29, 1.82) is 0 Å². The van der Waals surface area contributed by atoms with Gasteiger partial charge in [0, 0.05) is 6.42 Å². The van der Waals surface area contributed by atoms with E-state index in [-0.39, 0.29) is 6.17 Å². The van der Waals surface area contributed by atoms with Crippen LogP contribution in [0.5, 0.6) is 0 Å². The Labute approximate surface area is 68.2 Å². The molecule has 0 aromatic carbocycles. The third-order valence-electron chi connectivity index (χ3n) is 1.32. The van der Waals surface area contributed by atoms with Crippen molar-refractivity contribution in [3.8, 4) is 0 Å². The quantitative estimate of drug-likeness (QED) is 0.363. The molecule has 0 rings (SSSR count). The van der Waals surface area contributed by atoms with Crippen molar-refractivity contribution in [3.63, 3.8) is 0 Å². The van der Waals surface area contributed by atoms with E-state index in [0.29, 0.717) is 5.84 Å². The molecule has 11 heavy (non-hydrogen) atoms. The predicted molar refractivity (Wildman–Crippen MR) is 49.3 cm³/mol. The summed E-state index contributed by atoms with van der Waals surface area (Å²) in [6, 6.07) is 0. The molecule has 0 heterocycles. The fourth-order valence-corrected chi connectivity index (χ4v) is 0.695. The number of rotatable bonds is 3. The maximum absolute atomic E-state index is 5.58. The molecule has 4 N–H and O–H groups in total. The molecule has 0 amide bonds. The molecule has 3 heteroatoms. The van der Waals surface area contributed by atoms with Gasteiger partial charge in [-0.3, -0.25) is 4.99 Å². The molecule has 0 saturated carbocycles. The van der Waals surface area contributed by atoms with Gasteiger partial charge in [-0.25, -0.2) is 0 Å². The van der Waals surface area contributed by atoms with Crippen molar-refractivity contribution in [2.24, 2.45) is 16.5 Å². The molecule has 0 fully saturated rings. The van der Waals surface area contributed by atoms with Gasteiger partial charge in [0.15, 0.2) is 0 Å². The Morgan fingerprint density at radius 1 is 1.64 bits per heavy atom. The Balaban J connectivity index is 3.96. The number of nitrogens with zero attached hydrogens (tertiary/aromatic N) is 1. The third-order valence-corrected chi connectivity index (χ3v) is 1.32. The van der Waals surface area contributed by atoms with Gasteiger partial charge in [0.05, 0.1) is 12.0 Å². The van der Waals surface area contributed by atoms with Crippen LogP contribution in [-0.2, 0) is 0 Å². The molecule has 0 aliphatic carbocycles. The summed E-state index contributed by atoms with van der Waals surface area (Å²) in [5.41, 5.74) is 12.2. The van der Waals surface area contributed by atoms with Gasteiger partial charge in [-0.1, -0.05) is 11.6 Å². The predicted octanol–water partition coefficient (Wildman–Crippen LogP) is 1.00. The van der Waals surface area contributed by atoms with Crippen LogP contribution in [0, 0.1) is 0 Å². The first-order chi connectivity index (χ1) is 5.06. The minimum atomic E-state index is -0.195. The first kappa shape index (κ1) is 10.2. The first-order valence-electron chi connectivity index (χ1n) is 3.75. The highest BCUT2D eigenvalue weighted by molar-refractivity contribution is 5.82. The van der Waals surface area contributed by atoms with E-state index in [4.69, 9.17) is 11.5 Å². The summed E-state index contributed by atoms with van der Waals surface area (Å²) in [6.45, 7) is 5.80. The van der Waals surface area contributed by atoms with Crippen molar-refractivity contribution < 1.29 is 0 Å². The van der Waals surface area contributed by atoms with Crippen molar-refractivity contribution in [2.45, 2.75) is 33.4 Å². The Morgan fingerprint density at radius 2 is 2.18 bits per heavy atom. The lowest BCUT2D eigenvalue weighted by Crippen LogP contribution is -2.20. The lowest BCUT2D eigenvalue weighted by Gasteiger charge is -2.02. The molecule has 64 valence electrons. The molecule has 0 saturated heterocycles. The lowest BCUT2D eigenvalue weighted by molar-refractivity contribution is 0.787. The molecule has 0 spiro atoms. The van der Waals surface area contributed by atoms with Crippen LogP contribution in [0.4, 0.5) is 0 Å². The van der Waals surface area contributed by atoms with E-state index in [9.17, 15) is 0 Å². The van der Waals surface area contributed by atoms with Crippen LogP contribution >= 0.6 is 0 Å². The zero-order chi connectivity index (χ0) is 8.85. The molecule has 1 atom stereocenters. The molecule has 0 aromatic heterocycles. The number of hydrogen-bond acceptors (Lipinski definition) is 2. The maximum Gasteiger partial charge on any atom is 0.0997 e. The van der Waals surface area contributed by atoms with Gasteiger partial charge in [0.25, 0.3) is 0 Å².